The molecule has 2 nitrogen and oxygen atoms in total. The van der Waals surface area contributed by atoms with Crippen LogP contribution in [0.5, 0.6) is 0 Å². The van der Waals surface area contributed by atoms with Crippen LogP contribution in [0.1, 0.15) is 58.6 Å². The normalized spacial score (nSPS) is 13.6. The summed E-state index contributed by atoms with van der Waals surface area (Å²) in [6, 6.07) is 4.71. The molecule has 1 unspecified atom stereocenters. The molecule has 96 valence electrons. The predicted molar refractivity (Wildman–Crippen MR) is 74.0 cm³/mol. The SMILES string of the molecule is CCCNC(CCC(C)(C)C)c1ccncc1. The third-order valence-electron chi connectivity index (χ3n) is 2.93. The monoisotopic (exact) mass is 234 g/mol. The quantitative estimate of drug-likeness (QED) is 0.806. The van der Waals surface area contributed by atoms with E-state index in [9.17, 15) is 0 Å². The smallest absolute Gasteiger partial charge is 0.0321 e. The van der Waals surface area contributed by atoms with Crippen LogP contribution in [0.15, 0.2) is 24.5 Å². The lowest BCUT2D eigenvalue weighted by Crippen LogP contribution is -2.23. The Balaban J connectivity index is 2.61. The zero-order chi connectivity index (χ0) is 12.7. The van der Waals surface area contributed by atoms with E-state index in [1.165, 1.54) is 24.8 Å². The van der Waals surface area contributed by atoms with Crippen LogP contribution in [-0.4, -0.2) is 11.5 Å². The van der Waals surface area contributed by atoms with Gasteiger partial charge in [0.15, 0.2) is 0 Å². The number of pyridine rings is 1. The molecular weight excluding hydrogens is 208 g/mol. The van der Waals surface area contributed by atoms with E-state index in [0.29, 0.717) is 11.5 Å². The van der Waals surface area contributed by atoms with Crippen molar-refractivity contribution in [1.82, 2.24) is 10.3 Å². The van der Waals surface area contributed by atoms with Crippen LogP contribution in [0.2, 0.25) is 0 Å². The summed E-state index contributed by atoms with van der Waals surface area (Å²) in [5, 5.41) is 3.63. The summed E-state index contributed by atoms with van der Waals surface area (Å²) >= 11 is 0. The third-order valence-corrected chi connectivity index (χ3v) is 2.93. The van der Waals surface area contributed by atoms with Crippen LogP contribution in [0.25, 0.3) is 0 Å². The maximum absolute atomic E-state index is 4.09. The van der Waals surface area contributed by atoms with Gasteiger partial charge in [-0.15, -0.1) is 0 Å². The lowest BCUT2D eigenvalue weighted by atomic mass is 9.87. The third kappa shape index (κ3) is 5.83. The molecule has 0 spiro atoms. The van der Waals surface area contributed by atoms with Crippen LogP contribution >= 0.6 is 0 Å². The highest BCUT2D eigenvalue weighted by Crippen LogP contribution is 2.27. The zero-order valence-corrected chi connectivity index (χ0v) is 11.7. The van der Waals surface area contributed by atoms with E-state index in [2.05, 4.69) is 50.1 Å². The van der Waals surface area contributed by atoms with Gasteiger partial charge in [-0.1, -0.05) is 27.7 Å². The minimum atomic E-state index is 0.402. The van der Waals surface area contributed by atoms with E-state index < -0.39 is 0 Å². The van der Waals surface area contributed by atoms with Gasteiger partial charge in [0.05, 0.1) is 0 Å². The van der Waals surface area contributed by atoms with E-state index in [1.54, 1.807) is 0 Å². The van der Waals surface area contributed by atoms with Crippen LogP contribution in [0.3, 0.4) is 0 Å². The molecule has 0 aromatic carbocycles. The summed E-state index contributed by atoms with van der Waals surface area (Å²) in [4.78, 5) is 4.09. The molecule has 1 N–H and O–H groups in total. The number of nitrogens with one attached hydrogen (secondary N) is 1. The Labute approximate surface area is 106 Å². The summed E-state index contributed by atoms with van der Waals surface area (Å²) in [5.41, 5.74) is 1.76. The van der Waals surface area contributed by atoms with E-state index in [-0.39, 0.29) is 0 Å². The van der Waals surface area contributed by atoms with Gasteiger partial charge in [-0.3, -0.25) is 4.98 Å². The van der Waals surface area contributed by atoms with Gasteiger partial charge in [-0.2, -0.15) is 0 Å². The first kappa shape index (κ1) is 14.2. The van der Waals surface area contributed by atoms with Crippen molar-refractivity contribution in [2.24, 2.45) is 5.41 Å². The molecule has 0 aliphatic heterocycles. The van der Waals surface area contributed by atoms with Gasteiger partial charge in [-0.05, 0) is 48.9 Å². The van der Waals surface area contributed by atoms with E-state index in [4.69, 9.17) is 0 Å². The number of rotatable bonds is 6. The average Bonchev–Trinajstić information content (AvgIpc) is 2.29. The van der Waals surface area contributed by atoms with Crippen molar-refractivity contribution in [3.05, 3.63) is 30.1 Å². The Hall–Kier alpha value is -0.890. The first-order chi connectivity index (χ1) is 8.03. The molecule has 0 fully saturated rings. The second-order valence-electron chi connectivity index (χ2n) is 5.89. The predicted octanol–water partition coefficient (Wildman–Crippen LogP) is 3.95. The topological polar surface area (TPSA) is 24.9 Å². The van der Waals surface area contributed by atoms with Crippen LogP contribution in [-0.2, 0) is 0 Å². The highest BCUT2D eigenvalue weighted by molar-refractivity contribution is 5.14. The van der Waals surface area contributed by atoms with Gasteiger partial charge < -0.3 is 5.32 Å². The number of hydrogen-bond donors (Lipinski definition) is 1. The molecule has 0 radical (unpaired) electrons. The van der Waals surface area contributed by atoms with Crippen LogP contribution in [0.4, 0.5) is 0 Å². The highest BCUT2D eigenvalue weighted by Gasteiger charge is 2.16. The Morgan fingerprint density at radius 2 is 1.88 bits per heavy atom. The van der Waals surface area contributed by atoms with Crippen LogP contribution < -0.4 is 5.32 Å². The molecule has 0 saturated carbocycles. The lowest BCUT2D eigenvalue weighted by molar-refractivity contribution is 0.332. The number of hydrogen-bond acceptors (Lipinski definition) is 2. The van der Waals surface area contributed by atoms with Crippen molar-refractivity contribution in [1.29, 1.82) is 0 Å². The second kappa shape index (κ2) is 6.75. The first-order valence-electron chi connectivity index (χ1n) is 6.66. The van der Waals surface area contributed by atoms with Crippen LogP contribution in [0, 0.1) is 5.41 Å². The maximum Gasteiger partial charge on any atom is 0.0321 e. The van der Waals surface area contributed by atoms with Crippen molar-refractivity contribution < 1.29 is 0 Å². The molecule has 0 bridgehead atoms. The molecule has 0 saturated heterocycles. The second-order valence-corrected chi connectivity index (χ2v) is 5.89. The molecule has 1 aromatic rings. The zero-order valence-electron chi connectivity index (χ0n) is 11.7. The Bertz CT molecular complexity index is 300. The fraction of sp³-hybridized carbons (Fsp3) is 0.667. The molecule has 1 aromatic heterocycles. The molecular formula is C15H26N2. The van der Waals surface area contributed by atoms with Crippen molar-refractivity contribution >= 4 is 0 Å². The van der Waals surface area contributed by atoms with E-state index in [0.717, 1.165) is 6.54 Å². The Morgan fingerprint density at radius 1 is 1.24 bits per heavy atom. The van der Waals surface area contributed by atoms with Crippen molar-refractivity contribution in [3.63, 3.8) is 0 Å². The van der Waals surface area contributed by atoms with Crippen molar-refractivity contribution in [3.8, 4) is 0 Å². The van der Waals surface area contributed by atoms with Gasteiger partial charge in [0, 0.05) is 18.4 Å². The summed E-state index contributed by atoms with van der Waals surface area (Å²) < 4.78 is 0. The average molecular weight is 234 g/mol. The Kier molecular flexibility index (Phi) is 5.63. The molecule has 0 aliphatic rings. The summed E-state index contributed by atoms with van der Waals surface area (Å²) in [5.74, 6) is 0. The van der Waals surface area contributed by atoms with Gasteiger partial charge in [-0.25, -0.2) is 0 Å². The minimum absolute atomic E-state index is 0.402. The largest absolute Gasteiger partial charge is 0.310 e. The van der Waals surface area contributed by atoms with Crippen molar-refractivity contribution in [2.45, 2.75) is 53.0 Å². The van der Waals surface area contributed by atoms with Gasteiger partial charge in [0.2, 0.25) is 0 Å². The first-order valence-corrected chi connectivity index (χ1v) is 6.66. The fourth-order valence-electron chi connectivity index (χ4n) is 1.88. The fourth-order valence-corrected chi connectivity index (χ4v) is 1.88. The molecule has 1 atom stereocenters. The number of aromatic nitrogens is 1. The van der Waals surface area contributed by atoms with Gasteiger partial charge >= 0.3 is 0 Å². The molecule has 0 aliphatic carbocycles. The van der Waals surface area contributed by atoms with E-state index >= 15 is 0 Å². The summed E-state index contributed by atoms with van der Waals surface area (Å²) in [7, 11) is 0. The molecule has 1 heterocycles. The molecule has 17 heavy (non-hydrogen) atoms. The molecule has 1 rings (SSSR count). The molecule has 2 heteroatoms. The van der Waals surface area contributed by atoms with E-state index in [1.807, 2.05) is 12.4 Å². The Morgan fingerprint density at radius 3 is 2.41 bits per heavy atom. The van der Waals surface area contributed by atoms with Gasteiger partial charge in [0.1, 0.15) is 0 Å². The molecule has 0 amide bonds. The number of nitrogens with zero attached hydrogens (tertiary/aromatic N) is 1. The highest BCUT2D eigenvalue weighted by atomic mass is 14.9. The summed E-state index contributed by atoms with van der Waals surface area (Å²) in [6.45, 7) is 10.2. The lowest BCUT2D eigenvalue weighted by Gasteiger charge is -2.24. The van der Waals surface area contributed by atoms with Gasteiger partial charge in [0.25, 0.3) is 0 Å². The standard InChI is InChI=1S/C15H26N2/c1-5-10-17-14(6-9-15(2,3)4)13-7-11-16-12-8-13/h7-8,11-12,14,17H,5-6,9-10H2,1-4H3. The summed E-state index contributed by atoms with van der Waals surface area (Å²) in [6.07, 6.45) is 7.36. The maximum atomic E-state index is 4.09. The minimum Gasteiger partial charge on any atom is -0.310 e. The van der Waals surface area contributed by atoms with Crippen molar-refractivity contribution in [2.75, 3.05) is 6.54 Å².